The van der Waals surface area contributed by atoms with Crippen LogP contribution >= 0.6 is 0 Å². The number of hydrogen-bond acceptors (Lipinski definition) is 6. The molecule has 146 valence electrons. The number of carbonyl (C=O) groups excluding carboxylic acids is 2. The fraction of sp³-hybridized carbons (Fsp3) is 0.476. The van der Waals surface area contributed by atoms with Crippen LogP contribution in [0.15, 0.2) is 30.3 Å². The van der Waals surface area contributed by atoms with Crippen LogP contribution in [-0.4, -0.2) is 40.1 Å². The van der Waals surface area contributed by atoms with Gasteiger partial charge in [0.2, 0.25) is 0 Å². The second-order valence-electron chi connectivity index (χ2n) is 8.31. The molecule has 3 aliphatic heterocycles. The van der Waals surface area contributed by atoms with Crippen molar-refractivity contribution in [1.82, 2.24) is 9.78 Å². The van der Waals surface area contributed by atoms with E-state index >= 15 is 0 Å². The molecule has 0 amide bonds. The van der Waals surface area contributed by atoms with Gasteiger partial charge >= 0.3 is 11.9 Å². The Hall–Kier alpha value is -2.83. The number of fused-ring (bicyclic) bond motifs is 4. The number of esters is 2. The molecule has 1 spiro atoms. The monoisotopic (exact) mass is 381 g/mol. The number of aromatic nitrogens is 2. The molecule has 1 atom stereocenters. The minimum absolute atomic E-state index is 0.260. The van der Waals surface area contributed by atoms with E-state index in [-0.39, 0.29) is 12.5 Å². The minimum atomic E-state index is -1.33. The van der Waals surface area contributed by atoms with Gasteiger partial charge in [0.25, 0.3) is 5.79 Å². The third-order valence-corrected chi connectivity index (χ3v) is 6.11. The average Bonchev–Trinajstić information content (AvgIpc) is 3.24. The van der Waals surface area contributed by atoms with Crippen LogP contribution in [0, 0.1) is 12.3 Å². The summed E-state index contributed by atoms with van der Waals surface area (Å²) >= 11 is 0. The summed E-state index contributed by atoms with van der Waals surface area (Å²) in [7, 11) is 0. The fourth-order valence-electron chi connectivity index (χ4n) is 4.88. The molecular weight excluding hydrogens is 358 g/mol. The first-order chi connectivity index (χ1) is 13.3. The number of rotatable bonds is 1. The summed E-state index contributed by atoms with van der Waals surface area (Å²) in [6.45, 7) is 5.87. The molecule has 0 bridgehead atoms. The van der Waals surface area contributed by atoms with Crippen LogP contribution < -0.4 is 4.90 Å². The smallest absolute Gasteiger partial charge is 0.329 e. The van der Waals surface area contributed by atoms with E-state index in [9.17, 15) is 9.59 Å². The number of ether oxygens (including phenoxy) is 2. The first kappa shape index (κ1) is 17.3. The SMILES string of the molecule is Cc1nn(-c2ccccc2)c2c1CC1(C(=O)OC(C)(C)OC1=O)C1CCCN21. The van der Waals surface area contributed by atoms with Gasteiger partial charge in [-0.2, -0.15) is 5.10 Å². The third-order valence-electron chi connectivity index (χ3n) is 6.11. The van der Waals surface area contributed by atoms with Gasteiger partial charge in [-0.05, 0) is 31.9 Å². The van der Waals surface area contributed by atoms with Crippen molar-refractivity contribution in [2.75, 3.05) is 11.4 Å². The van der Waals surface area contributed by atoms with Crippen LogP contribution in [0.5, 0.6) is 0 Å². The summed E-state index contributed by atoms with van der Waals surface area (Å²) < 4.78 is 13.0. The first-order valence-corrected chi connectivity index (χ1v) is 9.71. The quantitative estimate of drug-likeness (QED) is 0.558. The lowest BCUT2D eigenvalue weighted by molar-refractivity contribution is -0.252. The second-order valence-corrected chi connectivity index (χ2v) is 8.31. The van der Waals surface area contributed by atoms with E-state index in [1.165, 1.54) is 0 Å². The molecule has 1 unspecified atom stereocenters. The van der Waals surface area contributed by atoms with Gasteiger partial charge in [-0.3, -0.25) is 9.59 Å². The highest BCUT2D eigenvalue weighted by Gasteiger charge is 2.65. The highest BCUT2D eigenvalue weighted by atomic mass is 16.7. The predicted octanol–water partition coefficient (Wildman–Crippen LogP) is 2.53. The summed E-state index contributed by atoms with van der Waals surface area (Å²) in [6, 6.07) is 9.65. The number of anilines is 1. The topological polar surface area (TPSA) is 73.7 Å². The highest BCUT2D eigenvalue weighted by Crippen LogP contribution is 2.51. The Morgan fingerprint density at radius 2 is 1.79 bits per heavy atom. The second kappa shape index (κ2) is 5.59. The van der Waals surface area contributed by atoms with Crippen molar-refractivity contribution in [1.29, 1.82) is 0 Å². The summed E-state index contributed by atoms with van der Waals surface area (Å²) in [5.41, 5.74) is 1.36. The molecule has 2 fully saturated rings. The van der Waals surface area contributed by atoms with Crippen molar-refractivity contribution in [3.63, 3.8) is 0 Å². The third kappa shape index (κ3) is 2.19. The van der Waals surface area contributed by atoms with E-state index in [1.807, 2.05) is 41.9 Å². The number of aryl methyl sites for hydroxylation is 1. The fourth-order valence-corrected chi connectivity index (χ4v) is 4.88. The molecule has 2 aromatic rings. The zero-order chi connectivity index (χ0) is 19.7. The van der Waals surface area contributed by atoms with Gasteiger partial charge in [0.1, 0.15) is 5.82 Å². The number of nitrogens with zero attached hydrogens (tertiary/aromatic N) is 3. The maximum absolute atomic E-state index is 13.2. The summed E-state index contributed by atoms with van der Waals surface area (Å²) in [6.07, 6.45) is 1.90. The highest BCUT2D eigenvalue weighted by molar-refractivity contribution is 6.04. The van der Waals surface area contributed by atoms with Gasteiger partial charge in [-0.15, -0.1) is 0 Å². The van der Waals surface area contributed by atoms with E-state index in [2.05, 4.69) is 4.90 Å². The van der Waals surface area contributed by atoms with Crippen molar-refractivity contribution in [2.45, 2.75) is 51.9 Å². The lowest BCUT2D eigenvalue weighted by atomic mass is 9.71. The average molecular weight is 381 g/mol. The Labute approximate surface area is 163 Å². The summed E-state index contributed by atoms with van der Waals surface area (Å²) in [4.78, 5) is 28.5. The molecule has 0 N–H and O–H groups in total. The van der Waals surface area contributed by atoms with Gasteiger partial charge in [0.15, 0.2) is 5.41 Å². The van der Waals surface area contributed by atoms with Gasteiger partial charge in [0, 0.05) is 32.4 Å². The van der Waals surface area contributed by atoms with Gasteiger partial charge < -0.3 is 14.4 Å². The molecule has 2 saturated heterocycles. The first-order valence-electron chi connectivity index (χ1n) is 9.71. The standard InChI is InChI=1S/C21H23N3O4/c1-13-15-12-21(18(25)27-20(2,3)28-19(21)26)16-10-7-11-23(16)17(15)24(22-13)14-8-5-4-6-9-14/h4-6,8-9,16H,7,10-12H2,1-3H3. The van der Waals surface area contributed by atoms with Crippen molar-refractivity contribution < 1.29 is 19.1 Å². The molecule has 4 heterocycles. The number of benzene rings is 1. The predicted molar refractivity (Wildman–Crippen MR) is 101 cm³/mol. The Kier molecular flexibility index (Phi) is 3.45. The van der Waals surface area contributed by atoms with Crippen LogP contribution in [0.2, 0.25) is 0 Å². The molecule has 7 nitrogen and oxygen atoms in total. The molecule has 3 aliphatic rings. The van der Waals surface area contributed by atoms with Crippen molar-refractivity contribution in [3.8, 4) is 5.69 Å². The van der Waals surface area contributed by atoms with Gasteiger partial charge in [-0.1, -0.05) is 18.2 Å². The molecule has 0 aliphatic carbocycles. The lowest BCUT2D eigenvalue weighted by Gasteiger charge is -2.48. The van der Waals surface area contributed by atoms with Gasteiger partial charge in [0.05, 0.1) is 17.4 Å². The van der Waals surface area contributed by atoms with Crippen molar-refractivity contribution in [2.24, 2.45) is 5.41 Å². The van der Waals surface area contributed by atoms with Crippen LogP contribution in [0.3, 0.4) is 0 Å². The van der Waals surface area contributed by atoms with E-state index in [4.69, 9.17) is 14.6 Å². The Bertz CT molecular complexity index is 959. The van der Waals surface area contributed by atoms with Crippen LogP contribution in [-0.2, 0) is 25.5 Å². The molecule has 0 saturated carbocycles. The zero-order valence-electron chi connectivity index (χ0n) is 16.3. The van der Waals surface area contributed by atoms with E-state index < -0.39 is 23.1 Å². The van der Waals surface area contributed by atoms with E-state index in [0.29, 0.717) is 0 Å². The molecule has 0 radical (unpaired) electrons. The molecular formula is C21H23N3O4. The molecule has 1 aromatic heterocycles. The normalized spacial score (nSPS) is 24.5. The number of cyclic esters (lactones) is 2. The zero-order valence-corrected chi connectivity index (χ0v) is 16.3. The summed E-state index contributed by atoms with van der Waals surface area (Å²) in [5.74, 6) is -1.22. The maximum atomic E-state index is 13.2. The van der Waals surface area contributed by atoms with Crippen molar-refractivity contribution >= 4 is 17.8 Å². The minimum Gasteiger partial charge on any atom is -0.422 e. The molecule has 1 aromatic carbocycles. The van der Waals surface area contributed by atoms with Crippen LogP contribution in [0.1, 0.15) is 37.9 Å². The number of hydrogen-bond donors (Lipinski definition) is 0. The van der Waals surface area contributed by atoms with Crippen LogP contribution in [0.4, 0.5) is 5.82 Å². The number of carbonyl (C=O) groups is 2. The maximum Gasteiger partial charge on any atom is 0.329 e. The van der Waals surface area contributed by atoms with Crippen molar-refractivity contribution in [3.05, 3.63) is 41.6 Å². The molecule has 5 rings (SSSR count). The molecule has 28 heavy (non-hydrogen) atoms. The van der Waals surface area contributed by atoms with E-state index in [1.54, 1.807) is 13.8 Å². The Morgan fingerprint density at radius 1 is 1.11 bits per heavy atom. The molecule has 7 heteroatoms. The number of para-hydroxylation sites is 1. The largest absolute Gasteiger partial charge is 0.422 e. The van der Waals surface area contributed by atoms with E-state index in [0.717, 1.165) is 42.1 Å². The lowest BCUT2D eigenvalue weighted by Crippen LogP contribution is -2.64. The Balaban J connectivity index is 1.68. The Morgan fingerprint density at radius 3 is 2.46 bits per heavy atom. The summed E-state index contributed by atoms with van der Waals surface area (Å²) in [5, 5.41) is 4.75. The van der Waals surface area contributed by atoms with Crippen LogP contribution in [0.25, 0.3) is 5.69 Å². The van der Waals surface area contributed by atoms with Gasteiger partial charge in [-0.25, -0.2) is 4.68 Å².